The van der Waals surface area contributed by atoms with Gasteiger partial charge in [0.15, 0.2) is 0 Å². The molecule has 0 aliphatic rings. The molecular weight excluding hydrogens is 188 g/mol. The minimum Gasteiger partial charge on any atom is -0.352 e. The molecule has 3 nitrogen and oxygen atoms in total. The molecule has 0 aliphatic carbocycles. The average Bonchev–Trinajstić information content (AvgIpc) is 1.99. The van der Waals surface area contributed by atoms with E-state index in [1.54, 1.807) is 0 Å². The lowest BCUT2D eigenvalue weighted by molar-refractivity contribution is -0.125. The van der Waals surface area contributed by atoms with Crippen LogP contribution < -0.4 is 11.1 Å². The third kappa shape index (κ3) is 5.78. The molecule has 0 heterocycles. The number of amides is 1. The van der Waals surface area contributed by atoms with Gasteiger partial charge in [0, 0.05) is 6.04 Å². The van der Waals surface area contributed by atoms with Crippen LogP contribution in [0.4, 0.5) is 0 Å². The monoisotopic (exact) mass is 214 g/mol. The minimum atomic E-state index is -0.438. The van der Waals surface area contributed by atoms with Gasteiger partial charge in [0.2, 0.25) is 5.91 Å². The first-order chi connectivity index (χ1) is 6.64. The molecule has 0 saturated carbocycles. The molecule has 0 saturated heterocycles. The highest BCUT2D eigenvalue weighted by atomic mass is 16.2. The second kappa shape index (κ2) is 5.50. The number of nitrogens with one attached hydrogen (secondary N) is 1. The molecule has 0 fully saturated rings. The van der Waals surface area contributed by atoms with E-state index in [2.05, 4.69) is 19.2 Å². The highest BCUT2D eigenvalue weighted by molar-refractivity contribution is 5.82. The van der Waals surface area contributed by atoms with Crippen LogP contribution in [0, 0.1) is 11.3 Å². The Morgan fingerprint density at radius 2 is 1.73 bits per heavy atom. The Morgan fingerprint density at radius 1 is 1.27 bits per heavy atom. The molecule has 0 aliphatic heterocycles. The Balaban J connectivity index is 4.14. The minimum absolute atomic E-state index is 0.0457. The number of nitrogens with two attached hydrogens (primary N) is 1. The third-order valence-electron chi connectivity index (χ3n) is 2.43. The molecule has 0 bridgehead atoms. The lowest BCUT2D eigenvalue weighted by atomic mass is 9.86. The van der Waals surface area contributed by atoms with E-state index in [1.807, 2.05) is 27.7 Å². The van der Waals surface area contributed by atoms with Gasteiger partial charge in [0.25, 0.3) is 0 Å². The molecule has 0 aromatic heterocycles. The van der Waals surface area contributed by atoms with Gasteiger partial charge in [0.05, 0.1) is 6.04 Å². The van der Waals surface area contributed by atoms with Crippen molar-refractivity contribution in [3.05, 3.63) is 0 Å². The van der Waals surface area contributed by atoms with Gasteiger partial charge in [-0.05, 0) is 24.7 Å². The maximum atomic E-state index is 11.7. The Kier molecular flexibility index (Phi) is 5.29. The van der Waals surface area contributed by atoms with Crippen molar-refractivity contribution >= 4 is 5.91 Å². The van der Waals surface area contributed by atoms with Crippen LogP contribution in [0.2, 0.25) is 0 Å². The van der Waals surface area contributed by atoms with E-state index in [9.17, 15) is 4.79 Å². The number of carbonyl (C=O) groups is 1. The first-order valence-corrected chi connectivity index (χ1v) is 5.70. The van der Waals surface area contributed by atoms with Gasteiger partial charge in [-0.25, -0.2) is 0 Å². The topological polar surface area (TPSA) is 55.1 Å². The summed E-state index contributed by atoms with van der Waals surface area (Å²) in [6, 6.07) is -0.238. The van der Waals surface area contributed by atoms with Crippen LogP contribution in [0.5, 0.6) is 0 Å². The molecule has 0 radical (unpaired) electrons. The van der Waals surface area contributed by atoms with Crippen molar-refractivity contribution < 1.29 is 4.79 Å². The molecule has 0 aromatic rings. The third-order valence-corrected chi connectivity index (χ3v) is 2.43. The van der Waals surface area contributed by atoms with Gasteiger partial charge in [-0.15, -0.1) is 0 Å². The van der Waals surface area contributed by atoms with Crippen LogP contribution in [0.15, 0.2) is 0 Å². The fourth-order valence-corrected chi connectivity index (χ4v) is 1.49. The van der Waals surface area contributed by atoms with Crippen LogP contribution in [-0.2, 0) is 4.79 Å². The Labute approximate surface area is 93.8 Å². The molecule has 2 unspecified atom stereocenters. The molecule has 3 N–H and O–H groups in total. The zero-order chi connectivity index (χ0) is 12.2. The van der Waals surface area contributed by atoms with E-state index in [0.29, 0.717) is 5.92 Å². The largest absolute Gasteiger partial charge is 0.352 e. The summed E-state index contributed by atoms with van der Waals surface area (Å²) < 4.78 is 0. The van der Waals surface area contributed by atoms with Gasteiger partial charge in [-0.3, -0.25) is 4.79 Å². The van der Waals surface area contributed by atoms with E-state index in [1.165, 1.54) is 0 Å². The highest BCUT2D eigenvalue weighted by Crippen LogP contribution is 2.17. The normalized spacial score (nSPS) is 16.3. The molecular formula is C12H26N2O. The summed E-state index contributed by atoms with van der Waals surface area (Å²) in [5, 5.41) is 2.95. The van der Waals surface area contributed by atoms with Crippen LogP contribution in [-0.4, -0.2) is 18.0 Å². The quantitative estimate of drug-likeness (QED) is 0.751. The van der Waals surface area contributed by atoms with Gasteiger partial charge in [-0.1, -0.05) is 34.6 Å². The van der Waals surface area contributed by atoms with Gasteiger partial charge in [0.1, 0.15) is 0 Å². The summed E-state index contributed by atoms with van der Waals surface area (Å²) in [6.45, 7) is 12.2. The number of hydrogen-bond donors (Lipinski definition) is 2. The molecule has 15 heavy (non-hydrogen) atoms. The number of rotatable bonds is 4. The van der Waals surface area contributed by atoms with Gasteiger partial charge in [-0.2, -0.15) is 0 Å². The van der Waals surface area contributed by atoms with Crippen LogP contribution in [0.25, 0.3) is 0 Å². The summed E-state index contributed by atoms with van der Waals surface area (Å²) in [5.41, 5.74) is 5.68. The maximum absolute atomic E-state index is 11.7. The van der Waals surface area contributed by atoms with Crippen LogP contribution in [0.3, 0.4) is 0 Å². The van der Waals surface area contributed by atoms with Gasteiger partial charge < -0.3 is 11.1 Å². The molecule has 0 aromatic carbocycles. The van der Waals surface area contributed by atoms with E-state index in [0.717, 1.165) is 6.42 Å². The van der Waals surface area contributed by atoms with Gasteiger partial charge >= 0.3 is 0 Å². The molecule has 0 rings (SSSR count). The van der Waals surface area contributed by atoms with E-state index in [-0.39, 0.29) is 17.4 Å². The van der Waals surface area contributed by atoms with Crippen molar-refractivity contribution in [2.75, 3.05) is 0 Å². The van der Waals surface area contributed by atoms with E-state index >= 15 is 0 Å². The highest BCUT2D eigenvalue weighted by Gasteiger charge is 2.28. The fraction of sp³-hybridized carbons (Fsp3) is 0.917. The Morgan fingerprint density at radius 3 is 2.07 bits per heavy atom. The predicted octanol–water partition coefficient (Wildman–Crippen LogP) is 1.91. The van der Waals surface area contributed by atoms with Crippen LogP contribution in [0.1, 0.15) is 48.0 Å². The second-order valence-electron chi connectivity index (χ2n) is 5.88. The molecule has 90 valence electrons. The summed E-state index contributed by atoms with van der Waals surface area (Å²) in [7, 11) is 0. The van der Waals surface area contributed by atoms with Crippen molar-refractivity contribution in [1.29, 1.82) is 0 Å². The summed E-state index contributed by atoms with van der Waals surface area (Å²) >= 11 is 0. The Bertz CT molecular complexity index is 206. The van der Waals surface area contributed by atoms with E-state index in [4.69, 9.17) is 5.73 Å². The van der Waals surface area contributed by atoms with Crippen LogP contribution >= 0.6 is 0 Å². The SMILES string of the molecule is CC(C)CC(C)NC(=O)C(N)C(C)(C)C. The smallest absolute Gasteiger partial charge is 0.237 e. The van der Waals surface area contributed by atoms with Crippen molar-refractivity contribution in [3.8, 4) is 0 Å². The van der Waals surface area contributed by atoms with Crippen molar-refractivity contribution in [1.82, 2.24) is 5.32 Å². The first kappa shape index (κ1) is 14.4. The standard InChI is InChI=1S/C12H26N2O/c1-8(2)7-9(3)14-11(15)10(13)12(4,5)6/h8-10H,7,13H2,1-6H3,(H,14,15). The van der Waals surface area contributed by atoms with E-state index < -0.39 is 6.04 Å². The van der Waals surface area contributed by atoms with Crippen molar-refractivity contribution in [2.24, 2.45) is 17.1 Å². The van der Waals surface area contributed by atoms with Crippen molar-refractivity contribution in [2.45, 2.75) is 60.0 Å². The van der Waals surface area contributed by atoms with Crippen molar-refractivity contribution in [3.63, 3.8) is 0 Å². The predicted molar refractivity (Wildman–Crippen MR) is 64.5 cm³/mol. The number of carbonyl (C=O) groups excluding carboxylic acids is 1. The molecule has 2 atom stereocenters. The second-order valence-corrected chi connectivity index (χ2v) is 5.88. The molecule has 0 spiro atoms. The lowest BCUT2D eigenvalue weighted by Gasteiger charge is -2.27. The molecule has 1 amide bonds. The summed E-state index contributed by atoms with van der Waals surface area (Å²) in [6.07, 6.45) is 0.989. The maximum Gasteiger partial charge on any atom is 0.237 e. The first-order valence-electron chi connectivity index (χ1n) is 5.70. The Hall–Kier alpha value is -0.570. The summed E-state index contributed by atoms with van der Waals surface area (Å²) in [5.74, 6) is 0.543. The molecule has 3 heteroatoms. The fourth-order valence-electron chi connectivity index (χ4n) is 1.49. The zero-order valence-corrected chi connectivity index (χ0v) is 10.9. The zero-order valence-electron chi connectivity index (χ0n) is 10.9. The lowest BCUT2D eigenvalue weighted by Crippen LogP contribution is -2.51. The average molecular weight is 214 g/mol. The summed E-state index contributed by atoms with van der Waals surface area (Å²) in [4.78, 5) is 11.7. The number of hydrogen-bond acceptors (Lipinski definition) is 2.